The zero-order chi connectivity index (χ0) is 27.5. The molecule has 0 saturated heterocycles. The lowest BCUT2D eigenvalue weighted by molar-refractivity contribution is 0.466. The number of hydrogen-bond donors (Lipinski definition) is 0. The largest absolute Gasteiger partial charge is 0.458 e. The summed E-state index contributed by atoms with van der Waals surface area (Å²) >= 11 is 0. The van der Waals surface area contributed by atoms with Gasteiger partial charge in [0.05, 0.1) is 0 Å². The molecule has 0 saturated carbocycles. The van der Waals surface area contributed by atoms with Gasteiger partial charge in [-0.25, -0.2) is 0 Å². The van der Waals surface area contributed by atoms with Gasteiger partial charge >= 0.3 is 0 Å². The van der Waals surface area contributed by atoms with E-state index >= 15 is 0 Å². The van der Waals surface area contributed by atoms with Crippen molar-refractivity contribution in [3.63, 3.8) is 0 Å². The Morgan fingerprint density at radius 3 is 1.85 bits per heavy atom. The molecule has 0 fully saturated rings. The molecule has 0 bridgehead atoms. The fraction of sp³-hybridized carbons (Fsp3) is 0.0526. The summed E-state index contributed by atoms with van der Waals surface area (Å²) in [5.41, 5.74) is 12.8. The molecule has 0 aliphatic carbocycles. The molecule has 2 nitrogen and oxygen atoms in total. The van der Waals surface area contributed by atoms with E-state index in [1.807, 2.05) is 6.07 Å². The minimum Gasteiger partial charge on any atom is -0.458 e. The lowest BCUT2D eigenvalue weighted by Gasteiger charge is -2.34. The maximum Gasteiger partial charge on any atom is 0.260 e. The van der Waals surface area contributed by atoms with Crippen LogP contribution in [0.25, 0.3) is 33.4 Å². The van der Waals surface area contributed by atoms with Gasteiger partial charge in [-0.15, -0.1) is 0 Å². The van der Waals surface area contributed by atoms with E-state index in [0.29, 0.717) is 0 Å². The Morgan fingerprint density at radius 2 is 1.10 bits per heavy atom. The summed E-state index contributed by atoms with van der Waals surface area (Å²) in [6.45, 7) is 4.32. The molecule has 41 heavy (non-hydrogen) atoms. The smallest absolute Gasteiger partial charge is 0.260 e. The third kappa shape index (κ3) is 3.81. The van der Waals surface area contributed by atoms with E-state index in [4.69, 9.17) is 9.47 Å². The molecule has 0 unspecified atom stereocenters. The van der Waals surface area contributed by atoms with Crippen LogP contribution in [0.1, 0.15) is 11.1 Å². The van der Waals surface area contributed by atoms with Gasteiger partial charge in [0.1, 0.15) is 23.0 Å². The summed E-state index contributed by atoms with van der Waals surface area (Å²) in [5.74, 6) is 3.52. The van der Waals surface area contributed by atoms with Crippen LogP contribution in [-0.4, -0.2) is 6.71 Å². The molecule has 6 aromatic carbocycles. The van der Waals surface area contributed by atoms with Crippen molar-refractivity contribution in [2.45, 2.75) is 13.8 Å². The lowest BCUT2D eigenvalue weighted by atomic mass is 9.34. The van der Waals surface area contributed by atoms with Crippen molar-refractivity contribution >= 4 is 23.1 Å². The zero-order valence-electron chi connectivity index (χ0n) is 23.0. The SMILES string of the molecule is Cc1ccccc1-c1ccc2c(c1)B1c3cccc(-c4ccccc4C)c3Oc3cc(-c4ccccc4)cc(c31)O2. The van der Waals surface area contributed by atoms with Crippen LogP contribution >= 0.6 is 0 Å². The van der Waals surface area contributed by atoms with Crippen LogP contribution in [0.15, 0.2) is 127 Å². The van der Waals surface area contributed by atoms with E-state index in [0.717, 1.165) is 45.2 Å². The number of hydrogen-bond acceptors (Lipinski definition) is 2. The minimum atomic E-state index is -0.00902. The number of rotatable bonds is 3. The molecule has 8 rings (SSSR count). The van der Waals surface area contributed by atoms with E-state index < -0.39 is 0 Å². The molecule has 0 amide bonds. The molecule has 194 valence electrons. The Labute approximate surface area is 240 Å². The van der Waals surface area contributed by atoms with Crippen molar-refractivity contribution in [1.29, 1.82) is 0 Å². The normalized spacial score (nSPS) is 12.5. The molecule has 0 radical (unpaired) electrons. The van der Waals surface area contributed by atoms with Gasteiger partial charge in [0, 0.05) is 11.0 Å². The third-order valence-electron chi connectivity index (χ3n) is 8.50. The van der Waals surface area contributed by atoms with E-state index in [-0.39, 0.29) is 6.71 Å². The van der Waals surface area contributed by atoms with Crippen molar-refractivity contribution in [3.05, 3.63) is 139 Å². The van der Waals surface area contributed by atoms with Crippen LogP contribution in [-0.2, 0) is 0 Å². The van der Waals surface area contributed by atoms with E-state index in [2.05, 4.69) is 135 Å². The summed E-state index contributed by atoms with van der Waals surface area (Å²) in [6.07, 6.45) is 0. The van der Waals surface area contributed by atoms with Crippen molar-refractivity contribution in [3.8, 4) is 56.4 Å². The first kappa shape index (κ1) is 23.8. The molecule has 2 aliphatic heterocycles. The Bertz CT molecular complexity index is 1970. The zero-order valence-corrected chi connectivity index (χ0v) is 23.0. The second-order valence-corrected chi connectivity index (χ2v) is 11.0. The highest BCUT2D eigenvalue weighted by Gasteiger charge is 2.41. The maximum atomic E-state index is 6.90. The van der Waals surface area contributed by atoms with Crippen LogP contribution in [0.4, 0.5) is 0 Å². The molecule has 6 aromatic rings. The van der Waals surface area contributed by atoms with Gasteiger partial charge in [0.15, 0.2) is 0 Å². The first-order chi connectivity index (χ1) is 20.2. The van der Waals surface area contributed by atoms with Crippen molar-refractivity contribution in [2.75, 3.05) is 0 Å². The number of fused-ring (bicyclic) bond motifs is 4. The van der Waals surface area contributed by atoms with Crippen LogP contribution in [0.5, 0.6) is 23.0 Å². The lowest BCUT2D eigenvalue weighted by Crippen LogP contribution is -2.57. The van der Waals surface area contributed by atoms with Gasteiger partial charge in [-0.3, -0.25) is 0 Å². The van der Waals surface area contributed by atoms with Gasteiger partial charge in [-0.05, 0) is 81.9 Å². The van der Waals surface area contributed by atoms with Crippen LogP contribution in [0.3, 0.4) is 0 Å². The Hall–Kier alpha value is -5.02. The summed E-state index contributed by atoms with van der Waals surface area (Å²) in [5, 5.41) is 0. The van der Waals surface area contributed by atoms with Crippen LogP contribution in [0.2, 0.25) is 0 Å². The predicted molar refractivity (Wildman–Crippen MR) is 170 cm³/mol. The monoisotopic (exact) mass is 526 g/mol. The van der Waals surface area contributed by atoms with Gasteiger partial charge in [-0.1, -0.05) is 109 Å². The Kier molecular flexibility index (Phi) is 5.40. The van der Waals surface area contributed by atoms with Gasteiger partial charge in [0.2, 0.25) is 0 Å². The first-order valence-electron chi connectivity index (χ1n) is 14.1. The second-order valence-electron chi connectivity index (χ2n) is 11.0. The molecule has 2 heterocycles. The quantitative estimate of drug-likeness (QED) is 0.217. The van der Waals surface area contributed by atoms with E-state index in [1.165, 1.54) is 38.7 Å². The van der Waals surface area contributed by atoms with Gasteiger partial charge in [-0.2, -0.15) is 0 Å². The predicted octanol–water partition coefficient (Wildman–Crippen LogP) is 8.03. The molecular formula is C38H27BO2. The number of benzene rings is 6. The van der Waals surface area contributed by atoms with Gasteiger partial charge in [0.25, 0.3) is 6.71 Å². The maximum absolute atomic E-state index is 6.90. The topological polar surface area (TPSA) is 18.5 Å². The van der Waals surface area contributed by atoms with Crippen molar-refractivity contribution in [2.24, 2.45) is 0 Å². The summed E-state index contributed by atoms with van der Waals surface area (Å²) in [7, 11) is 0. The Balaban J connectivity index is 1.39. The summed E-state index contributed by atoms with van der Waals surface area (Å²) in [6, 6.07) is 45.1. The number of para-hydroxylation sites is 1. The number of aryl methyl sites for hydroxylation is 2. The summed E-state index contributed by atoms with van der Waals surface area (Å²) in [4.78, 5) is 0. The first-order valence-corrected chi connectivity index (χ1v) is 14.1. The van der Waals surface area contributed by atoms with Gasteiger partial charge < -0.3 is 9.47 Å². The highest BCUT2D eigenvalue weighted by Crippen LogP contribution is 2.42. The molecule has 0 spiro atoms. The second kappa shape index (κ2) is 9.28. The van der Waals surface area contributed by atoms with E-state index in [9.17, 15) is 0 Å². The van der Waals surface area contributed by atoms with Crippen LogP contribution < -0.4 is 25.9 Å². The number of ether oxygens (including phenoxy) is 2. The highest BCUT2D eigenvalue weighted by molar-refractivity contribution is 6.98. The molecular weight excluding hydrogens is 499 g/mol. The standard InChI is InChI=1S/C38H27BO2/c1-24-11-6-8-15-29(24)27-19-20-34-33(21-27)39-32-18-10-17-31(30-16-9-7-12-25(30)2)38(32)41-36-23-28(22-35(40-34)37(36)39)26-13-4-3-5-14-26/h3-23H,1-2H3. The average molecular weight is 526 g/mol. The fourth-order valence-electron chi connectivity index (χ4n) is 6.47. The third-order valence-corrected chi connectivity index (χ3v) is 8.50. The Morgan fingerprint density at radius 1 is 0.439 bits per heavy atom. The van der Waals surface area contributed by atoms with Crippen LogP contribution in [0, 0.1) is 13.8 Å². The fourth-order valence-corrected chi connectivity index (χ4v) is 6.47. The van der Waals surface area contributed by atoms with Crippen molar-refractivity contribution in [1.82, 2.24) is 0 Å². The molecule has 0 aromatic heterocycles. The molecule has 0 atom stereocenters. The molecule has 2 aliphatic rings. The van der Waals surface area contributed by atoms with E-state index in [1.54, 1.807) is 0 Å². The van der Waals surface area contributed by atoms with Crippen molar-refractivity contribution < 1.29 is 9.47 Å². The summed E-state index contributed by atoms with van der Waals surface area (Å²) < 4.78 is 13.6. The molecule has 3 heteroatoms. The average Bonchev–Trinajstić information content (AvgIpc) is 3.01. The highest BCUT2D eigenvalue weighted by atomic mass is 16.5. The minimum absolute atomic E-state index is 0.00902. The molecule has 0 N–H and O–H groups in total.